The molecule has 0 aliphatic carbocycles. The van der Waals surface area contributed by atoms with Crippen LogP contribution in [0.2, 0.25) is 0 Å². The first-order valence-corrected chi connectivity index (χ1v) is 25.7. The third kappa shape index (κ3) is 5.21. The highest BCUT2D eigenvalue weighted by Crippen LogP contribution is 2.56. The summed E-state index contributed by atoms with van der Waals surface area (Å²) in [5, 5.41) is 23.8. The summed E-state index contributed by atoms with van der Waals surface area (Å²) in [5.41, 5.74) is 10.9. The molecule has 5 heterocycles. The average molecular weight is 943 g/mol. The molecule has 0 aliphatic rings. The van der Waals surface area contributed by atoms with Crippen molar-refractivity contribution in [3.05, 3.63) is 211 Å². The zero-order valence-corrected chi connectivity index (χ0v) is 39.9. The Labute approximate surface area is 412 Å². The van der Waals surface area contributed by atoms with Gasteiger partial charge in [-0.15, -0.1) is 34.0 Å². The third-order valence-electron chi connectivity index (χ3n) is 14.5. The van der Waals surface area contributed by atoms with Crippen LogP contribution in [0.25, 0.3) is 143 Å². The van der Waals surface area contributed by atoms with Crippen LogP contribution in [0.4, 0.5) is 5.69 Å². The van der Waals surface area contributed by atoms with Crippen molar-refractivity contribution in [2.75, 3.05) is 0 Å². The summed E-state index contributed by atoms with van der Waals surface area (Å²) in [5.74, 6) is 0. The monoisotopic (exact) mass is 942 g/mol. The van der Waals surface area contributed by atoms with Gasteiger partial charge in [-0.2, -0.15) is 5.26 Å². The molecular formula is C63H34N4S3. The van der Waals surface area contributed by atoms with Crippen molar-refractivity contribution in [1.82, 2.24) is 9.13 Å². The SMILES string of the molecule is [C-]#[N+]c1c(-c2ccccc2)c(C#N)c(-n2c3c(C)cccc3c3ccc4c5ccccc5sc4c32)c(-c2ccccc2)c1-n1c2c(ccc3c4ccccc4sc32)c2ccc3c4ccccc4sc3c21. The van der Waals surface area contributed by atoms with Crippen molar-refractivity contribution in [2.45, 2.75) is 6.92 Å². The quantitative estimate of drug-likeness (QED) is 0.162. The first kappa shape index (κ1) is 39.4. The zero-order chi connectivity index (χ0) is 46.4. The van der Waals surface area contributed by atoms with Gasteiger partial charge in [0.15, 0.2) is 0 Å². The lowest BCUT2D eigenvalue weighted by atomic mass is 9.88. The van der Waals surface area contributed by atoms with E-state index in [2.05, 4.69) is 197 Å². The van der Waals surface area contributed by atoms with E-state index in [4.69, 9.17) is 0 Å². The van der Waals surface area contributed by atoms with Crippen molar-refractivity contribution >= 4 is 144 Å². The van der Waals surface area contributed by atoms with Gasteiger partial charge in [-0.3, -0.25) is 0 Å². The van der Waals surface area contributed by atoms with E-state index in [1.165, 1.54) is 46.4 Å². The summed E-state index contributed by atoms with van der Waals surface area (Å²) >= 11 is 5.42. The Morgan fingerprint density at radius 3 is 1.24 bits per heavy atom. The summed E-state index contributed by atoms with van der Waals surface area (Å²) in [7, 11) is 0. The van der Waals surface area contributed by atoms with Crippen molar-refractivity contribution in [3.8, 4) is 39.7 Å². The Morgan fingerprint density at radius 1 is 0.400 bits per heavy atom. The lowest BCUT2D eigenvalue weighted by Crippen LogP contribution is -2.09. The number of hydrogen-bond donors (Lipinski definition) is 0. The molecule has 70 heavy (non-hydrogen) atoms. The zero-order valence-electron chi connectivity index (χ0n) is 37.4. The molecule has 0 aliphatic heterocycles. The van der Waals surface area contributed by atoms with Crippen LogP contribution in [-0.2, 0) is 0 Å². The van der Waals surface area contributed by atoms with Gasteiger partial charge >= 0.3 is 0 Å². The van der Waals surface area contributed by atoms with E-state index in [0.717, 1.165) is 91.3 Å². The van der Waals surface area contributed by atoms with Crippen molar-refractivity contribution < 1.29 is 0 Å². The molecule has 0 atom stereocenters. The van der Waals surface area contributed by atoms with Crippen LogP contribution in [0.3, 0.4) is 0 Å². The van der Waals surface area contributed by atoms with Gasteiger partial charge in [0.2, 0.25) is 5.69 Å². The maximum absolute atomic E-state index is 12.1. The van der Waals surface area contributed by atoms with Crippen LogP contribution in [0.15, 0.2) is 188 Å². The fourth-order valence-electron chi connectivity index (χ4n) is 11.6. The van der Waals surface area contributed by atoms with Crippen molar-refractivity contribution in [1.29, 1.82) is 5.26 Å². The van der Waals surface area contributed by atoms with Crippen molar-refractivity contribution in [3.63, 3.8) is 0 Å². The number of fused-ring (bicyclic) bond motifs is 18. The summed E-state index contributed by atoms with van der Waals surface area (Å²) in [6, 6.07) is 69.9. The molecule has 0 spiro atoms. The number of hydrogen-bond acceptors (Lipinski definition) is 4. The van der Waals surface area contributed by atoms with E-state index in [1.807, 2.05) is 40.9 Å². The molecule has 0 amide bonds. The second-order valence-electron chi connectivity index (χ2n) is 18.1. The molecule has 0 unspecified atom stereocenters. The molecule has 0 bridgehead atoms. The predicted octanol–water partition coefficient (Wildman–Crippen LogP) is 19.0. The minimum atomic E-state index is 0.435. The van der Waals surface area contributed by atoms with Gasteiger partial charge in [-0.25, -0.2) is 4.85 Å². The highest BCUT2D eigenvalue weighted by molar-refractivity contribution is 7.27. The van der Waals surface area contributed by atoms with Gasteiger partial charge in [0.05, 0.1) is 59.7 Å². The molecular weight excluding hydrogens is 909 g/mol. The summed E-state index contributed by atoms with van der Waals surface area (Å²) in [6.45, 7) is 11.7. The van der Waals surface area contributed by atoms with E-state index in [-0.39, 0.29) is 0 Å². The average Bonchev–Trinajstić information content (AvgIpc) is 4.23. The number of aromatic nitrogens is 2. The number of para-hydroxylation sites is 1. The van der Waals surface area contributed by atoms with Crippen LogP contribution in [0.5, 0.6) is 0 Å². The fourth-order valence-corrected chi connectivity index (χ4v) is 15.3. The molecule has 7 heteroatoms. The first-order valence-electron chi connectivity index (χ1n) is 23.3. The van der Waals surface area contributed by atoms with Crippen LogP contribution >= 0.6 is 34.0 Å². The largest absolute Gasteiger partial charge is 0.316 e. The Morgan fingerprint density at radius 2 is 0.786 bits per heavy atom. The minimum Gasteiger partial charge on any atom is -0.316 e. The highest BCUT2D eigenvalue weighted by atomic mass is 32.1. The number of nitrogens with zero attached hydrogens (tertiary/aromatic N) is 4. The molecule has 10 aromatic carbocycles. The van der Waals surface area contributed by atoms with E-state index < -0.39 is 0 Å². The Hall–Kier alpha value is -8.56. The second-order valence-corrected chi connectivity index (χ2v) is 21.2. The van der Waals surface area contributed by atoms with E-state index >= 15 is 0 Å². The van der Waals surface area contributed by atoms with Gasteiger partial charge in [0, 0.05) is 79.1 Å². The maximum atomic E-state index is 12.1. The van der Waals surface area contributed by atoms with Gasteiger partial charge in [-0.1, -0.05) is 170 Å². The lowest BCUT2D eigenvalue weighted by Gasteiger charge is -2.26. The molecule has 15 rings (SSSR count). The normalized spacial score (nSPS) is 12.0. The van der Waals surface area contributed by atoms with Gasteiger partial charge in [0.25, 0.3) is 0 Å². The van der Waals surface area contributed by atoms with E-state index in [9.17, 15) is 11.8 Å². The topological polar surface area (TPSA) is 38.0 Å². The van der Waals surface area contributed by atoms with Crippen LogP contribution in [-0.4, -0.2) is 9.13 Å². The van der Waals surface area contributed by atoms with Gasteiger partial charge < -0.3 is 9.13 Å². The van der Waals surface area contributed by atoms with Crippen LogP contribution in [0.1, 0.15) is 11.1 Å². The van der Waals surface area contributed by atoms with Crippen molar-refractivity contribution in [2.24, 2.45) is 0 Å². The summed E-state index contributed by atoms with van der Waals surface area (Å²) in [6.07, 6.45) is 0. The molecule has 4 nitrogen and oxygen atoms in total. The standard InChI is InChI=1S/C63H34N4S3/c1-35-16-15-24-41-42-28-31-45-38-21-9-12-25-49(38)68-61(45)57(42)66(55(35)41)56-48(34-64)52(36-17-5-3-6-18-36)54(65-2)60(53(56)37-19-7-4-8-20-37)67-58-43(29-32-46-39-22-10-13-26-50(39)69-62(46)58)44-30-33-47-40-23-11-14-27-51(40)70-63(47)59(44)67/h3-33H,1H3. The number of nitriles is 1. The fraction of sp³-hybridized carbons (Fsp3) is 0.0159. The van der Waals surface area contributed by atoms with E-state index in [1.54, 1.807) is 11.3 Å². The molecule has 5 aromatic heterocycles. The Kier molecular flexibility index (Phi) is 8.29. The molecule has 324 valence electrons. The van der Waals surface area contributed by atoms with Gasteiger partial charge in [0.1, 0.15) is 6.07 Å². The third-order valence-corrected chi connectivity index (χ3v) is 18.1. The predicted molar refractivity (Wildman–Crippen MR) is 300 cm³/mol. The molecule has 0 saturated carbocycles. The molecule has 0 N–H and O–H groups in total. The Balaban J connectivity index is 1.28. The van der Waals surface area contributed by atoms with E-state index in [0.29, 0.717) is 16.8 Å². The number of thiophene rings is 3. The second kappa shape index (κ2) is 14.7. The lowest BCUT2D eigenvalue weighted by molar-refractivity contribution is 1.14. The molecule has 0 fully saturated rings. The maximum Gasteiger partial charge on any atom is 0.220 e. The summed E-state index contributed by atoms with van der Waals surface area (Å²) in [4.78, 5) is 4.68. The minimum absolute atomic E-state index is 0.435. The number of aryl methyl sites for hydroxylation is 1. The summed E-state index contributed by atoms with van der Waals surface area (Å²) < 4.78 is 12.0. The highest BCUT2D eigenvalue weighted by Gasteiger charge is 2.34. The molecule has 0 radical (unpaired) electrons. The Bertz CT molecular complexity index is 4730. The molecule has 0 saturated heterocycles. The van der Waals surface area contributed by atoms with Crippen LogP contribution < -0.4 is 0 Å². The smallest absolute Gasteiger partial charge is 0.220 e. The van der Waals surface area contributed by atoms with Gasteiger partial charge in [-0.05, 0) is 41.8 Å². The number of rotatable bonds is 4. The molecule has 15 aromatic rings. The van der Waals surface area contributed by atoms with Crippen LogP contribution in [0, 0.1) is 24.8 Å². The first-order chi connectivity index (χ1) is 34.6. The number of benzene rings is 10.